The topological polar surface area (TPSA) is 93.1 Å². The average molecular weight is 557 g/mol. The van der Waals surface area contributed by atoms with E-state index in [1.807, 2.05) is 52.0 Å². The van der Waals surface area contributed by atoms with Crippen molar-refractivity contribution in [3.63, 3.8) is 0 Å². The van der Waals surface area contributed by atoms with Gasteiger partial charge in [0.05, 0.1) is 12.2 Å². The van der Waals surface area contributed by atoms with Gasteiger partial charge in [0.1, 0.15) is 12.2 Å². The normalized spacial score (nSPS) is 24.9. The standard InChI is InChI=1S/C34H52O6/c1-8-13-29(35)30(36)23-26(5)15-11-14-25(4)22-27(6)20-21-34(38)40-32-18-12-19-33(37)39-31(24(2)3)17-10-9-16-28(32)7/h9-11,14-15,20-24,28-32,35-36H,8,12-13,16-19H2,1-7H3/b10-9+,15-11+,21-20+,25-14+,26-23+,27-22+/t28-,29+,30+,31+,32-/m0/s1. The van der Waals surface area contributed by atoms with Crippen molar-refractivity contribution in [2.75, 3.05) is 0 Å². The fourth-order valence-corrected chi connectivity index (χ4v) is 4.38. The summed E-state index contributed by atoms with van der Waals surface area (Å²) in [7, 11) is 0. The molecule has 2 N–H and O–H groups in total. The molecular formula is C34H52O6. The van der Waals surface area contributed by atoms with E-state index in [2.05, 4.69) is 32.9 Å². The van der Waals surface area contributed by atoms with Crippen molar-refractivity contribution >= 4 is 11.9 Å². The van der Waals surface area contributed by atoms with Crippen molar-refractivity contribution in [1.82, 2.24) is 0 Å². The molecule has 1 rings (SSSR count). The van der Waals surface area contributed by atoms with Crippen molar-refractivity contribution in [3.8, 4) is 0 Å². The summed E-state index contributed by atoms with van der Waals surface area (Å²) in [5.41, 5.74) is 2.77. The summed E-state index contributed by atoms with van der Waals surface area (Å²) in [5.74, 6) is -0.184. The van der Waals surface area contributed by atoms with E-state index in [0.717, 1.165) is 29.6 Å². The Hall–Kier alpha value is -2.70. The summed E-state index contributed by atoms with van der Waals surface area (Å²) < 4.78 is 11.4. The Bertz CT molecular complexity index is 965. The molecule has 0 aliphatic carbocycles. The third-order valence-electron chi connectivity index (χ3n) is 6.91. The molecule has 0 unspecified atom stereocenters. The number of rotatable bonds is 11. The van der Waals surface area contributed by atoms with Crippen molar-refractivity contribution < 1.29 is 29.3 Å². The van der Waals surface area contributed by atoms with E-state index >= 15 is 0 Å². The Morgan fingerprint density at radius 2 is 1.77 bits per heavy atom. The van der Waals surface area contributed by atoms with Crippen LogP contribution in [-0.2, 0) is 19.1 Å². The smallest absolute Gasteiger partial charge is 0.331 e. The van der Waals surface area contributed by atoms with Crippen molar-refractivity contribution in [2.45, 2.75) is 118 Å². The highest BCUT2D eigenvalue weighted by molar-refractivity contribution is 5.82. The number of allylic oxidation sites excluding steroid dienone is 9. The quantitative estimate of drug-likeness (QED) is 0.122. The third-order valence-corrected chi connectivity index (χ3v) is 6.91. The Balaban J connectivity index is 2.73. The van der Waals surface area contributed by atoms with Crippen LogP contribution in [0.4, 0.5) is 0 Å². The number of carbonyl (C=O) groups excluding carboxylic acids is 2. The van der Waals surface area contributed by atoms with Crippen molar-refractivity contribution in [3.05, 3.63) is 71.4 Å². The number of aliphatic hydroxyl groups is 2. The van der Waals surface area contributed by atoms with Crippen molar-refractivity contribution in [1.29, 1.82) is 0 Å². The SMILES string of the molecule is CCC[C@@H](O)[C@H](O)/C=C(C)/C=C/C=C(C)/C=C(C)/C=C/C(=O)O[C@H]1CCCC(=O)O[C@@H](C(C)C)C/C=C/C[C@@H]1C. The molecule has 5 atom stereocenters. The van der Waals surface area contributed by atoms with Crippen LogP contribution in [-0.4, -0.2) is 46.6 Å². The molecule has 1 aliphatic rings. The lowest BCUT2D eigenvalue weighted by molar-refractivity contribution is -0.151. The van der Waals surface area contributed by atoms with Crippen LogP contribution >= 0.6 is 0 Å². The molecule has 0 aromatic carbocycles. The zero-order valence-corrected chi connectivity index (χ0v) is 25.6. The minimum Gasteiger partial charge on any atom is -0.462 e. The van der Waals surface area contributed by atoms with E-state index in [1.165, 1.54) is 6.08 Å². The molecule has 6 nitrogen and oxygen atoms in total. The fraction of sp³-hybridized carbons (Fsp3) is 0.588. The van der Waals surface area contributed by atoms with Gasteiger partial charge in [0.2, 0.25) is 0 Å². The highest BCUT2D eigenvalue weighted by atomic mass is 16.5. The molecule has 40 heavy (non-hydrogen) atoms. The Labute approximate surface area is 242 Å². The molecular weight excluding hydrogens is 504 g/mol. The van der Waals surface area contributed by atoms with Gasteiger partial charge in [-0.2, -0.15) is 0 Å². The lowest BCUT2D eigenvalue weighted by Crippen LogP contribution is -2.26. The van der Waals surface area contributed by atoms with E-state index < -0.39 is 18.2 Å². The molecule has 6 heteroatoms. The van der Waals surface area contributed by atoms with Gasteiger partial charge in [0.25, 0.3) is 0 Å². The second-order valence-electron chi connectivity index (χ2n) is 11.3. The number of esters is 2. The molecule has 0 spiro atoms. The predicted octanol–water partition coefficient (Wildman–Crippen LogP) is 7.10. The van der Waals surface area contributed by atoms with Gasteiger partial charge < -0.3 is 19.7 Å². The summed E-state index contributed by atoms with van der Waals surface area (Å²) in [5, 5.41) is 19.9. The zero-order valence-electron chi connectivity index (χ0n) is 25.6. The predicted molar refractivity (Wildman–Crippen MR) is 162 cm³/mol. The van der Waals surface area contributed by atoms with Gasteiger partial charge in [-0.1, -0.05) is 99.4 Å². The van der Waals surface area contributed by atoms with E-state index in [4.69, 9.17) is 9.47 Å². The first kappa shape index (κ1) is 35.3. The van der Waals surface area contributed by atoms with Crippen LogP contribution in [0, 0.1) is 11.8 Å². The number of carbonyl (C=O) groups is 2. The van der Waals surface area contributed by atoms with Crippen LogP contribution in [0.15, 0.2) is 71.4 Å². The molecule has 0 saturated heterocycles. The number of cyclic esters (lactones) is 1. The van der Waals surface area contributed by atoms with Gasteiger partial charge in [0.15, 0.2) is 0 Å². The van der Waals surface area contributed by atoms with E-state index in [0.29, 0.717) is 32.1 Å². The van der Waals surface area contributed by atoms with Crippen LogP contribution in [0.5, 0.6) is 0 Å². The van der Waals surface area contributed by atoms with Gasteiger partial charge in [0, 0.05) is 18.9 Å². The number of hydrogen-bond acceptors (Lipinski definition) is 6. The molecule has 0 radical (unpaired) electrons. The molecule has 0 aromatic heterocycles. The van der Waals surface area contributed by atoms with Crippen molar-refractivity contribution in [2.24, 2.45) is 11.8 Å². The lowest BCUT2D eigenvalue weighted by Gasteiger charge is -2.24. The second kappa shape index (κ2) is 19.4. The number of hydrogen-bond donors (Lipinski definition) is 2. The Morgan fingerprint density at radius 3 is 2.45 bits per heavy atom. The monoisotopic (exact) mass is 556 g/mol. The van der Waals surface area contributed by atoms with Crippen LogP contribution in [0.2, 0.25) is 0 Å². The van der Waals surface area contributed by atoms with Gasteiger partial charge in [-0.05, 0) is 58.3 Å². The first-order valence-corrected chi connectivity index (χ1v) is 14.7. The Morgan fingerprint density at radius 1 is 1.07 bits per heavy atom. The highest BCUT2D eigenvalue weighted by Crippen LogP contribution is 2.22. The third kappa shape index (κ3) is 15.2. The maximum absolute atomic E-state index is 12.6. The van der Waals surface area contributed by atoms with Crippen LogP contribution in [0.3, 0.4) is 0 Å². The molecule has 0 amide bonds. The van der Waals surface area contributed by atoms with E-state index in [9.17, 15) is 19.8 Å². The van der Waals surface area contributed by atoms with Gasteiger partial charge in [-0.25, -0.2) is 4.79 Å². The summed E-state index contributed by atoms with van der Waals surface area (Å²) >= 11 is 0. The van der Waals surface area contributed by atoms with Gasteiger partial charge >= 0.3 is 11.9 Å². The molecule has 0 aromatic rings. The first-order valence-electron chi connectivity index (χ1n) is 14.7. The fourth-order valence-electron chi connectivity index (χ4n) is 4.38. The van der Waals surface area contributed by atoms with Gasteiger partial charge in [-0.3, -0.25) is 4.79 Å². The average Bonchev–Trinajstić information content (AvgIpc) is 2.87. The van der Waals surface area contributed by atoms with Crippen LogP contribution in [0.1, 0.15) is 93.4 Å². The first-order chi connectivity index (χ1) is 18.9. The summed E-state index contributed by atoms with van der Waals surface area (Å²) in [4.78, 5) is 24.9. The van der Waals surface area contributed by atoms with Gasteiger partial charge in [-0.15, -0.1) is 0 Å². The zero-order chi connectivity index (χ0) is 30.1. The minimum atomic E-state index is -0.874. The number of aliphatic hydroxyl groups excluding tert-OH is 2. The molecule has 0 saturated carbocycles. The summed E-state index contributed by atoms with van der Waals surface area (Å²) in [6.45, 7) is 13.9. The molecule has 0 bridgehead atoms. The molecule has 224 valence electrons. The van der Waals surface area contributed by atoms with E-state index in [1.54, 1.807) is 12.2 Å². The summed E-state index contributed by atoms with van der Waals surface area (Å²) in [6.07, 6.45) is 19.1. The maximum Gasteiger partial charge on any atom is 0.331 e. The summed E-state index contributed by atoms with van der Waals surface area (Å²) in [6, 6.07) is 0. The Kier molecular flexibility index (Phi) is 17.1. The minimum absolute atomic E-state index is 0.103. The van der Waals surface area contributed by atoms with Crippen LogP contribution < -0.4 is 0 Å². The largest absolute Gasteiger partial charge is 0.462 e. The van der Waals surface area contributed by atoms with Crippen LogP contribution in [0.25, 0.3) is 0 Å². The lowest BCUT2D eigenvalue weighted by atomic mass is 9.94. The van der Waals surface area contributed by atoms with E-state index in [-0.39, 0.29) is 30.0 Å². The maximum atomic E-state index is 12.6. The number of ether oxygens (including phenoxy) is 2. The highest BCUT2D eigenvalue weighted by Gasteiger charge is 2.23. The second-order valence-corrected chi connectivity index (χ2v) is 11.3. The molecule has 0 fully saturated rings. The molecule has 1 heterocycles. The molecule has 1 aliphatic heterocycles.